The van der Waals surface area contributed by atoms with Crippen LogP contribution in [0.3, 0.4) is 0 Å². The van der Waals surface area contributed by atoms with Crippen molar-refractivity contribution in [3.05, 3.63) is 28.7 Å². The third-order valence-corrected chi connectivity index (χ3v) is 5.02. The van der Waals surface area contributed by atoms with Crippen molar-refractivity contribution < 1.29 is 4.79 Å². The molecule has 0 aliphatic carbocycles. The van der Waals surface area contributed by atoms with Gasteiger partial charge >= 0.3 is 0 Å². The van der Waals surface area contributed by atoms with Gasteiger partial charge in [0, 0.05) is 16.3 Å². The van der Waals surface area contributed by atoms with E-state index in [1.165, 1.54) is 0 Å². The second-order valence-corrected chi connectivity index (χ2v) is 6.24. The highest BCUT2D eigenvalue weighted by Gasteiger charge is 2.45. The third kappa shape index (κ3) is 1.51. The molecule has 0 radical (unpaired) electrons. The highest BCUT2D eigenvalue weighted by Crippen LogP contribution is 2.44. The molecular formula is C11H10BrNOS. The summed E-state index contributed by atoms with van der Waals surface area (Å²) in [5, 5.41) is 0.871. The van der Waals surface area contributed by atoms with Gasteiger partial charge in [-0.3, -0.25) is 4.79 Å². The van der Waals surface area contributed by atoms with Crippen LogP contribution in [0.15, 0.2) is 28.7 Å². The van der Waals surface area contributed by atoms with Crippen LogP contribution in [0.4, 0.5) is 5.69 Å². The Labute approximate surface area is 101 Å². The minimum atomic E-state index is 0.218. The largest absolute Gasteiger partial charge is 0.309 e. The number of benzene rings is 1. The molecule has 4 heteroatoms. The van der Waals surface area contributed by atoms with Crippen LogP contribution in [0.5, 0.6) is 0 Å². The summed E-state index contributed by atoms with van der Waals surface area (Å²) < 4.78 is 1.00. The summed E-state index contributed by atoms with van der Waals surface area (Å²) in [6.45, 7) is 0.864. The first-order valence-corrected chi connectivity index (χ1v) is 6.70. The van der Waals surface area contributed by atoms with Crippen molar-refractivity contribution in [2.75, 3.05) is 11.4 Å². The highest BCUT2D eigenvalue weighted by atomic mass is 79.9. The Kier molecular flexibility index (Phi) is 2.29. The van der Waals surface area contributed by atoms with Gasteiger partial charge in [-0.1, -0.05) is 12.1 Å². The standard InChI is InChI=1S/C11H10BrNOS/c12-8-3-1-2-4-9(8)13-6-7-5-10(15-7)11(13)14/h1-4,7,10H,5-6H2. The molecule has 15 heavy (non-hydrogen) atoms. The second kappa shape index (κ2) is 3.52. The minimum absolute atomic E-state index is 0.218. The van der Waals surface area contributed by atoms with E-state index >= 15 is 0 Å². The van der Waals surface area contributed by atoms with Crippen molar-refractivity contribution in [1.82, 2.24) is 0 Å². The molecule has 3 aliphatic rings. The Hall–Kier alpha value is -0.480. The van der Waals surface area contributed by atoms with Gasteiger partial charge in [-0.15, -0.1) is 11.8 Å². The molecular weight excluding hydrogens is 274 g/mol. The van der Waals surface area contributed by atoms with Crippen LogP contribution in [0, 0.1) is 0 Å². The van der Waals surface area contributed by atoms with Gasteiger partial charge in [-0.25, -0.2) is 0 Å². The fraction of sp³-hybridized carbons (Fsp3) is 0.364. The summed E-state index contributed by atoms with van der Waals surface area (Å²) in [6, 6.07) is 7.92. The lowest BCUT2D eigenvalue weighted by atomic mass is 10.1. The lowest BCUT2D eigenvalue weighted by Gasteiger charge is -2.45. The number of nitrogens with zero attached hydrogens (tertiary/aromatic N) is 1. The van der Waals surface area contributed by atoms with Gasteiger partial charge in [0.25, 0.3) is 0 Å². The number of anilines is 1. The van der Waals surface area contributed by atoms with Gasteiger partial charge in [-0.2, -0.15) is 0 Å². The maximum atomic E-state index is 12.0. The van der Waals surface area contributed by atoms with E-state index in [9.17, 15) is 4.79 Å². The lowest BCUT2D eigenvalue weighted by Crippen LogP contribution is -2.55. The minimum Gasteiger partial charge on any atom is -0.309 e. The zero-order valence-electron chi connectivity index (χ0n) is 8.02. The van der Waals surface area contributed by atoms with Gasteiger partial charge in [0.05, 0.1) is 10.9 Å². The molecule has 2 unspecified atom stereocenters. The lowest BCUT2D eigenvalue weighted by molar-refractivity contribution is -0.119. The maximum Gasteiger partial charge on any atom is 0.240 e. The first kappa shape index (κ1) is 9.73. The molecule has 3 fully saturated rings. The van der Waals surface area contributed by atoms with E-state index in [4.69, 9.17) is 0 Å². The van der Waals surface area contributed by atoms with E-state index in [2.05, 4.69) is 15.9 Å². The number of carbonyl (C=O) groups is 1. The van der Waals surface area contributed by atoms with E-state index in [0.717, 1.165) is 23.1 Å². The molecule has 2 bridgehead atoms. The van der Waals surface area contributed by atoms with Crippen LogP contribution < -0.4 is 4.90 Å². The number of rotatable bonds is 1. The number of hydrogen-bond acceptors (Lipinski definition) is 2. The van der Waals surface area contributed by atoms with Gasteiger partial charge < -0.3 is 4.90 Å². The summed E-state index contributed by atoms with van der Waals surface area (Å²) >= 11 is 5.31. The first-order chi connectivity index (χ1) is 7.25. The normalized spacial score (nSPS) is 28.9. The number of piperidine rings is 1. The van der Waals surface area contributed by atoms with Crippen molar-refractivity contribution in [3.8, 4) is 0 Å². The summed E-state index contributed by atoms with van der Waals surface area (Å²) in [7, 11) is 0. The molecule has 4 rings (SSSR count). The van der Waals surface area contributed by atoms with E-state index in [1.54, 1.807) is 0 Å². The Morgan fingerprint density at radius 1 is 1.40 bits per heavy atom. The molecule has 3 saturated heterocycles. The van der Waals surface area contributed by atoms with Gasteiger partial charge in [0.15, 0.2) is 0 Å². The molecule has 0 aromatic heterocycles. The molecule has 0 N–H and O–H groups in total. The number of hydrogen-bond donors (Lipinski definition) is 0. The number of para-hydroxylation sites is 1. The molecule has 78 valence electrons. The van der Waals surface area contributed by atoms with E-state index in [0.29, 0.717) is 5.25 Å². The third-order valence-electron chi connectivity index (χ3n) is 2.90. The predicted octanol–water partition coefficient (Wildman–Crippen LogP) is 2.67. The Balaban J connectivity index is 1.94. The monoisotopic (exact) mass is 283 g/mol. The number of amides is 1. The molecule has 0 spiro atoms. The molecule has 1 aromatic rings. The Bertz CT molecular complexity index is 417. The fourth-order valence-electron chi connectivity index (χ4n) is 2.09. The number of fused-ring (bicyclic) bond motifs is 2. The van der Waals surface area contributed by atoms with E-state index in [-0.39, 0.29) is 11.2 Å². The van der Waals surface area contributed by atoms with Crippen LogP contribution in [-0.4, -0.2) is 23.0 Å². The van der Waals surface area contributed by atoms with Crippen LogP contribution >= 0.6 is 27.7 Å². The quantitative estimate of drug-likeness (QED) is 0.790. The summed E-state index contributed by atoms with van der Waals surface area (Å²) in [5.41, 5.74) is 1.01. The fourth-order valence-corrected chi connectivity index (χ4v) is 3.82. The average molecular weight is 284 g/mol. The SMILES string of the molecule is O=C1C2CC(CN1c1ccccc1Br)S2. The van der Waals surface area contributed by atoms with Crippen LogP contribution in [-0.2, 0) is 4.79 Å². The van der Waals surface area contributed by atoms with Crippen LogP contribution in [0.25, 0.3) is 0 Å². The highest BCUT2D eigenvalue weighted by molar-refractivity contribution is 9.10. The smallest absolute Gasteiger partial charge is 0.240 e. The molecule has 1 amide bonds. The molecule has 3 heterocycles. The summed E-state index contributed by atoms with van der Waals surface area (Å²) in [5.74, 6) is 0.273. The Morgan fingerprint density at radius 2 is 2.13 bits per heavy atom. The van der Waals surface area contributed by atoms with Crippen molar-refractivity contribution in [1.29, 1.82) is 0 Å². The molecule has 1 aromatic carbocycles. The number of thioether (sulfide) groups is 1. The second-order valence-electron chi connectivity index (χ2n) is 3.88. The molecule has 2 atom stereocenters. The van der Waals surface area contributed by atoms with Crippen LogP contribution in [0.2, 0.25) is 0 Å². The van der Waals surface area contributed by atoms with E-state index < -0.39 is 0 Å². The van der Waals surface area contributed by atoms with Crippen molar-refractivity contribution in [2.45, 2.75) is 16.9 Å². The average Bonchev–Trinajstić information content (AvgIpc) is 2.17. The van der Waals surface area contributed by atoms with Crippen molar-refractivity contribution >= 4 is 39.3 Å². The predicted molar refractivity (Wildman–Crippen MR) is 66.3 cm³/mol. The van der Waals surface area contributed by atoms with Gasteiger partial charge in [-0.05, 0) is 34.5 Å². The number of carbonyl (C=O) groups excluding carboxylic acids is 1. The zero-order chi connectivity index (χ0) is 10.4. The number of halogens is 1. The first-order valence-electron chi connectivity index (χ1n) is 4.97. The van der Waals surface area contributed by atoms with Crippen LogP contribution in [0.1, 0.15) is 6.42 Å². The molecule has 3 aliphatic heterocycles. The zero-order valence-corrected chi connectivity index (χ0v) is 10.4. The molecule has 2 nitrogen and oxygen atoms in total. The maximum absolute atomic E-state index is 12.0. The topological polar surface area (TPSA) is 20.3 Å². The summed E-state index contributed by atoms with van der Waals surface area (Å²) in [4.78, 5) is 13.9. The summed E-state index contributed by atoms with van der Waals surface area (Å²) in [6.07, 6.45) is 1.07. The van der Waals surface area contributed by atoms with Crippen molar-refractivity contribution in [2.24, 2.45) is 0 Å². The Morgan fingerprint density at radius 3 is 2.80 bits per heavy atom. The van der Waals surface area contributed by atoms with Crippen molar-refractivity contribution in [3.63, 3.8) is 0 Å². The van der Waals surface area contributed by atoms with Gasteiger partial charge in [0.2, 0.25) is 5.91 Å². The van der Waals surface area contributed by atoms with E-state index in [1.807, 2.05) is 40.9 Å². The van der Waals surface area contributed by atoms with Gasteiger partial charge in [0.1, 0.15) is 0 Å². The molecule has 0 saturated carbocycles.